The summed E-state index contributed by atoms with van der Waals surface area (Å²) in [6.07, 6.45) is 7.92. The predicted molar refractivity (Wildman–Crippen MR) is 109 cm³/mol. The maximum atomic E-state index is 13.5. The van der Waals surface area contributed by atoms with E-state index in [4.69, 9.17) is 5.10 Å². The smallest absolute Gasteiger partial charge is 0.273 e. The summed E-state index contributed by atoms with van der Waals surface area (Å²) in [5, 5.41) is 5.84. The van der Waals surface area contributed by atoms with Gasteiger partial charge in [0.2, 0.25) is 0 Å². The Bertz CT molecular complexity index is 1030. The van der Waals surface area contributed by atoms with Gasteiger partial charge in [-0.2, -0.15) is 5.10 Å². The van der Waals surface area contributed by atoms with Crippen LogP contribution in [0.5, 0.6) is 0 Å². The lowest BCUT2D eigenvalue weighted by Gasteiger charge is -2.28. The van der Waals surface area contributed by atoms with Crippen LogP contribution in [0.3, 0.4) is 0 Å². The number of benzene rings is 1. The minimum absolute atomic E-state index is 0.0371. The second kappa shape index (κ2) is 7.04. The summed E-state index contributed by atoms with van der Waals surface area (Å²) < 4.78 is 2.02. The highest BCUT2D eigenvalue weighted by Gasteiger charge is 2.31. The topological polar surface area (TPSA) is 51.0 Å². The summed E-state index contributed by atoms with van der Waals surface area (Å²) in [6.45, 7) is 0.598. The van der Waals surface area contributed by atoms with Crippen molar-refractivity contribution in [2.75, 3.05) is 0 Å². The van der Waals surface area contributed by atoms with E-state index >= 15 is 0 Å². The molecule has 0 radical (unpaired) electrons. The number of pyridine rings is 1. The van der Waals surface area contributed by atoms with Gasteiger partial charge >= 0.3 is 0 Å². The number of nitrogens with zero attached hydrogens (tertiary/aromatic N) is 4. The van der Waals surface area contributed by atoms with E-state index < -0.39 is 0 Å². The van der Waals surface area contributed by atoms with E-state index in [1.165, 1.54) is 30.5 Å². The average molecular weight is 374 g/mol. The summed E-state index contributed by atoms with van der Waals surface area (Å²) >= 11 is 0. The van der Waals surface area contributed by atoms with E-state index in [0.717, 1.165) is 42.3 Å². The second-order valence-electron chi connectivity index (χ2n) is 8.11. The Hall–Kier alpha value is -2.69. The summed E-state index contributed by atoms with van der Waals surface area (Å²) in [5.41, 5.74) is 5.20. The molecule has 0 N–H and O–H groups in total. The number of carbonyl (C=O) groups is 1. The third-order valence-electron chi connectivity index (χ3n) is 6.36. The van der Waals surface area contributed by atoms with Crippen molar-refractivity contribution < 1.29 is 4.79 Å². The maximum absolute atomic E-state index is 13.5. The molecule has 5 rings (SSSR count). The Morgan fingerprint density at radius 3 is 2.79 bits per heavy atom. The van der Waals surface area contributed by atoms with Crippen molar-refractivity contribution in [3.8, 4) is 0 Å². The maximum Gasteiger partial charge on any atom is 0.273 e. The Morgan fingerprint density at radius 1 is 1.11 bits per heavy atom. The molecule has 28 heavy (non-hydrogen) atoms. The SMILES string of the molecule is Cn1nc(CN(C(=O)c2ccc3ccccc3n2)C2CCCC2)c2c1CCC2. The molecule has 2 aromatic heterocycles. The van der Waals surface area contributed by atoms with Crippen molar-refractivity contribution in [1.29, 1.82) is 0 Å². The molecule has 1 saturated carbocycles. The molecule has 0 bridgehead atoms. The Kier molecular flexibility index (Phi) is 4.38. The molecule has 0 saturated heterocycles. The van der Waals surface area contributed by atoms with Crippen molar-refractivity contribution in [2.24, 2.45) is 7.05 Å². The first-order valence-electron chi connectivity index (χ1n) is 10.4. The van der Waals surface area contributed by atoms with Gasteiger partial charge in [-0.15, -0.1) is 0 Å². The quantitative estimate of drug-likeness (QED) is 0.692. The summed E-state index contributed by atoms with van der Waals surface area (Å²) in [7, 11) is 2.03. The van der Waals surface area contributed by atoms with Crippen LogP contribution < -0.4 is 0 Å². The van der Waals surface area contributed by atoms with E-state index in [0.29, 0.717) is 18.3 Å². The van der Waals surface area contributed by atoms with Gasteiger partial charge in [0.05, 0.1) is 17.8 Å². The van der Waals surface area contributed by atoms with Gasteiger partial charge in [0, 0.05) is 24.2 Å². The van der Waals surface area contributed by atoms with Gasteiger partial charge in [0.25, 0.3) is 5.91 Å². The lowest BCUT2D eigenvalue weighted by molar-refractivity contribution is 0.0655. The minimum atomic E-state index is 0.0371. The lowest BCUT2D eigenvalue weighted by Crippen LogP contribution is -2.39. The van der Waals surface area contributed by atoms with Crippen molar-refractivity contribution in [3.63, 3.8) is 0 Å². The number of rotatable bonds is 4. The Labute approximate surface area is 165 Å². The Balaban J connectivity index is 1.49. The zero-order chi connectivity index (χ0) is 19.1. The number of aryl methyl sites for hydroxylation is 1. The van der Waals surface area contributed by atoms with E-state index in [1.54, 1.807) is 0 Å². The van der Waals surface area contributed by atoms with Crippen LogP contribution in [-0.4, -0.2) is 31.6 Å². The fourth-order valence-electron chi connectivity index (χ4n) is 4.90. The lowest BCUT2D eigenvalue weighted by atomic mass is 10.1. The molecule has 5 nitrogen and oxygen atoms in total. The minimum Gasteiger partial charge on any atom is -0.328 e. The van der Waals surface area contributed by atoms with Crippen molar-refractivity contribution in [2.45, 2.75) is 57.5 Å². The number of aromatic nitrogens is 3. The van der Waals surface area contributed by atoms with Crippen LogP contribution in [-0.2, 0) is 26.4 Å². The highest BCUT2D eigenvalue weighted by molar-refractivity contribution is 5.95. The van der Waals surface area contributed by atoms with Crippen molar-refractivity contribution >= 4 is 16.8 Å². The highest BCUT2D eigenvalue weighted by atomic mass is 16.2. The third-order valence-corrected chi connectivity index (χ3v) is 6.36. The highest BCUT2D eigenvalue weighted by Crippen LogP contribution is 2.30. The molecular weight excluding hydrogens is 348 g/mol. The molecule has 1 fully saturated rings. The first-order valence-corrected chi connectivity index (χ1v) is 10.4. The zero-order valence-electron chi connectivity index (χ0n) is 16.4. The fourth-order valence-corrected chi connectivity index (χ4v) is 4.90. The van der Waals surface area contributed by atoms with Gasteiger partial charge in [0.1, 0.15) is 5.69 Å². The molecule has 2 aliphatic carbocycles. The number of fused-ring (bicyclic) bond motifs is 2. The van der Waals surface area contributed by atoms with E-state index in [2.05, 4.69) is 4.98 Å². The molecular formula is C23H26N4O. The van der Waals surface area contributed by atoms with E-state index in [1.807, 2.05) is 53.0 Å². The van der Waals surface area contributed by atoms with Gasteiger partial charge in [-0.05, 0) is 49.8 Å². The van der Waals surface area contributed by atoms with Crippen LogP contribution >= 0.6 is 0 Å². The normalized spacial score (nSPS) is 16.6. The Morgan fingerprint density at radius 2 is 1.93 bits per heavy atom. The van der Waals surface area contributed by atoms with E-state index in [-0.39, 0.29) is 5.91 Å². The zero-order valence-corrected chi connectivity index (χ0v) is 16.4. The van der Waals surface area contributed by atoms with Crippen LogP contribution in [0.25, 0.3) is 10.9 Å². The molecule has 5 heteroatoms. The molecule has 0 spiro atoms. The molecule has 1 amide bonds. The van der Waals surface area contributed by atoms with Gasteiger partial charge in [0.15, 0.2) is 0 Å². The van der Waals surface area contributed by atoms with Crippen molar-refractivity contribution in [3.05, 3.63) is 59.0 Å². The number of para-hydroxylation sites is 1. The molecule has 2 heterocycles. The summed E-state index contributed by atoms with van der Waals surface area (Å²) in [6, 6.07) is 12.1. The third kappa shape index (κ3) is 2.99. The molecule has 3 aromatic rings. The van der Waals surface area contributed by atoms with Gasteiger partial charge in [-0.3, -0.25) is 9.48 Å². The van der Waals surface area contributed by atoms with Crippen LogP contribution in [0.2, 0.25) is 0 Å². The number of carbonyl (C=O) groups excluding carboxylic acids is 1. The largest absolute Gasteiger partial charge is 0.328 e. The van der Waals surface area contributed by atoms with Crippen LogP contribution in [0.15, 0.2) is 36.4 Å². The van der Waals surface area contributed by atoms with Gasteiger partial charge in [-0.25, -0.2) is 4.98 Å². The van der Waals surface area contributed by atoms with Crippen LogP contribution in [0, 0.1) is 0 Å². The molecule has 0 atom stereocenters. The summed E-state index contributed by atoms with van der Waals surface area (Å²) in [5.74, 6) is 0.0371. The molecule has 0 unspecified atom stereocenters. The standard InChI is InChI=1S/C23H26N4O/c1-26-22-12-6-10-18(22)21(25-26)15-27(17-8-3-4-9-17)23(28)20-14-13-16-7-2-5-11-19(16)24-20/h2,5,7,11,13-14,17H,3-4,6,8-10,12,15H2,1H3. The average Bonchev–Trinajstić information content (AvgIpc) is 3.46. The molecule has 144 valence electrons. The first-order chi connectivity index (χ1) is 13.7. The van der Waals surface area contributed by atoms with E-state index in [9.17, 15) is 4.79 Å². The number of hydrogen-bond acceptors (Lipinski definition) is 3. The predicted octanol–water partition coefficient (Wildman–Crippen LogP) is 4.04. The van der Waals surface area contributed by atoms with Crippen molar-refractivity contribution in [1.82, 2.24) is 19.7 Å². The number of hydrogen-bond donors (Lipinski definition) is 0. The van der Waals surface area contributed by atoms with Gasteiger partial charge < -0.3 is 4.90 Å². The molecule has 1 aromatic carbocycles. The second-order valence-corrected chi connectivity index (χ2v) is 8.11. The molecule has 2 aliphatic rings. The first kappa shape index (κ1) is 17.4. The number of amides is 1. The monoisotopic (exact) mass is 374 g/mol. The summed E-state index contributed by atoms with van der Waals surface area (Å²) in [4.78, 5) is 20.2. The van der Waals surface area contributed by atoms with Crippen LogP contribution in [0.1, 0.15) is 59.5 Å². The van der Waals surface area contributed by atoms with Gasteiger partial charge in [-0.1, -0.05) is 37.1 Å². The van der Waals surface area contributed by atoms with Crippen LogP contribution in [0.4, 0.5) is 0 Å². The molecule has 0 aliphatic heterocycles. The fraction of sp³-hybridized carbons (Fsp3) is 0.435.